The second-order valence-electron chi connectivity index (χ2n) is 8.45. The molecule has 2 atom stereocenters. The average molecular weight is 451 g/mol. The van der Waals surface area contributed by atoms with Gasteiger partial charge < -0.3 is 10.1 Å². The molecular weight excluding hydrogens is 420 g/mol. The molecule has 3 aliphatic rings. The smallest absolute Gasteiger partial charge is 0.281 e. The lowest BCUT2D eigenvalue weighted by atomic mass is 9.74. The van der Waals surface area contributed by atoms with Gasteiger partial charge in [-0.15, -0.1) is 11.3 Å². The number of carbonyl (C=O) groups is 1. The van der Waals surface area contributed by atoms with Gasteiger partial charge in [-0.1, -0.05) is 31.2 Å². The molecular formula is C21H30N4O3S2. The van der Waals surface area contributed by atoms with Crippen molar-refractivity contribution < 1.29 is 13.2 Å². The van der Waals surface area contributed by atoms with Gasteiger partial charge in [0.25, 0.3) is 10.2 Å². The summed E-state index contributed by atoms with van der Waals surface area (Å²) in [7, 11) is -3.29. The third-order valence-corrected chi connectivity index (χ3v) is 9.75. The molecule has 0 saturated carbocycles. The molecule has 30 heavy (non-hydrogen) atoms. The zero-order valence-corrected chi connectivity index (χ0v) is 19.0. The summed E-state index contributed by atoms with van der Waals surface area (Å²) in [6.45, 7) is 5.29. The molecule has 0 bridgehead atoms. The fourth-order valence-corrected chi connectivity index (χ4v) is 7.25. The number of hydrogen-bond donors (Lipinski definition) is 1. The molecule has 0 amide bonds. The second kappa shape index (κ2) is 8.90. The van der Waals surface area contributed by atoms with Gasteiger partial charge in [0.15, 0.2) is 5.13 Å². The first-order valence-electron chi connectivity index (χ1n) is 10.7. The van der Waals surface area contributed by atoms with Gasteiger partial charge in [-0.25, -0.2) is 4.98 Å². The maximum Gasteiger partial charge on any atom is 0.281 e. The van der Waals surface area contributed by atoms with E-state index in [4.69, 9.17) is 0 Å². The van der Waals surface area contributed by atoms with Crippen LogP contribution in [0.2, 0.25) is 0 Å². The monoisotopic (exact) mass is 450 g/mol. The van der Waals surface area contributed by atoms with Gasteiger partial charge in [0, 0.05) is 43.8 Å². The normalized spacial score (nSPS) is 28.8. The van der Waals surface area contributed by atoms with Gasteiger partial charge in [0.1, 0.15) is 6.29 Å². The third kappa shape index (κ3) is 4.12. The highest BCUT2D eigenvalue weighted by atomic mass is 32.2. The van der Waals surface area contributed by atoms with E-state index in [9.17, 15) is 13.2 Å². The molecule has 9 heteroatoms. The van der Waals surface area contributed by atoms with Crippen molar-refractivity contribution in [2.45, 2.75) is 38.0 Å². The van der Waals surface area contributed by atoms with Crippen molar-refractivity contribution in [2.75, 3.05) is 38.0 Å². The minimum Gasteiger partial charge on any atom is -0.361 e. The molecule has 164 valence electrons. The number of hydrogen-bond acceptors (Lipinski definition) is 6. The van der Waals surface area contributed by atoms with E-state index in [1.54, 1.807) is 14.8 Å². The molecule has 2 saturated heterocycles. The van der Waals surface area contributed by atoms with Crippen molar-refractivity contribution in [3.8, 4) is 0 Å². The number of aromatic nitrogens is 1. The average Bonchev–Trinajstić information content (AvgIpc) is 3.46. The van der Waals surface area contributed by atoms with E-state index in [0.717, 1.165) is 48.5 Å². The van der Waals surface area contributed by atoms with Crippen LogP contribution >= 0.6 is 11.3 Å². The Morgan fingerprint density at radius 1 is 1.20 bits per heavy atom. The highest BCUT2D eigenvalue weighted by Gasteiger charge is 2.37. The Kier molecular flexibility index (Phi) is 6.43. The number of nitrogens with one attached hydrogen (secondary N) is 1. The zero-order chi connectivity index (χ0) is 21.2. The van der Waals surface area contributed by atoms with E-state index >= 15 is 0 Å². The van der Waals surface area contributed by atoms with E-state index < -0.39 is 15.6 Å². The van der Waals surface area contributed by atoms with Crippen molar-refractivity contribution in [3.63, 3.8) is 0 Å². The molecule has 7 nitrogen and oxygen atoms in total. The van der Waals surface area contributed by atoms with Gasteiger partial charge in [-0.2, -0.15) is 17.0 Å². The number of rotatable bonds is 7. The predicted molar refractivity (Wildman–Crippen MR) is 120 cm³/mol. The first-order valence-corrected chi connectivity index (χ1v) is 12.9. The molecule has 4 rings (SSSR count). The van der Waals surface area contributed by atoms with E-state index in [0.29, 0.717) is 32.1 Å². The van der Waals surface area contributed by atoms with Gasteiger partial charge in [0.05, 0.1) is 5.41 Å². The minimum atomic E-state index is -3.29. The molecule has 1 aromatic rings. The zero-order valence-electron chi connectivity index (χ0n) is 17.4. The molecule has 0 spiro atoms. The fraction of sp³-hybridized carbons (Fsp3) is 0.619. The number of carbonyl (C=O) groups excluding carboxylic acids is 1. The Hall–Kier alpha value is -1.55. The number of thiazole rings is 1. The van der Waals surface area contributed by atoms with Crippen molar-refractivity contribution >= 4 is 33.0 Å². The number of anilines is 1. The Morgan fingerprint density at radius 3 is 2.57 bits per heavy atom. The summed E-state index contributed by atoms with van der Waals surface area (Å²) in [5, 5.41) is 4.22. The molecule has 2 aliphatic heterocycles. The Labute approximate surface area is 183 Å². The van der Waals surface area contributed by atoms with E-state index in [-0.39, 0.29) is 5.92 Å². The summed E-state index contributed by atoms with van der Waals surface area (Å²) in [6, 6.07) is 0. The standard InChI is InChI=1S/C21H30N4O3S2/c1-17-6-2-3-9-21(17,16-26)19-15-23-20(29-19)22-14-18-7-12-25(13-8-18)30(27,28)24-10-4-5-11-24/h2-3,6,9,15-18H,4-5,7-8,10-14H2,1H3,(H,22,23). The summed E-state index contributed by atoms with van der Waals surface area (Å²) >= 11 is 1.53. The Bertz CT molecular complexity index is 912. The van der Waals surface area contributed by atoms with Crippen LogP contribution in [-0.2, 0) is 20.4 Å². The second-order valence-corrected chi connectivity index (χ2v) is 11.4. The molecule has 1 aliphatic carbocycles. The van der Waals surface area contributed by atoms with Crippen LogP contribution in [0, 0.1) is 11.8 Å². The fourth-order valence-electron chi connectivity index (χ4n) is 4.48. The van der Waals surface area contributed by atoms with E-state index in [1.807, 2.05) is 31.2 Å². The molecule has 1 N–H and O–H groups in total. The predicted octanol–water partition coefficient (Wildman–Crippen LogP) is 2.81. The van der Waals surface area contributed by atoms with Crippen molar-refractivity contribution in [1.82, 2.24) is 13.6 Å². The Morgan fingerprint density at radius 2 is 1.90 bits per heavy atom. The molecule has 0 radical (unpaired) electrons. The Balaban J connectivity index is 1.31. The van der Waals surface area contributed by atoms with Crippen LogP contribution in [0.5, 0.6) is 0 Å². The molecule has 3 heterocycles. The summed E-state index contributed by atoms with van der Waals surface area (Å²) in [5.74, 6) is 0.508. The third-order valence-electron chi connectivity index (χ3n) is 6.60. The highest BCUT2D eigenvalue weighted by Crippen LogP contribution is 2.39. The van der Waals surface area contributed by atoms with E-state index in [1.165, 1.54) is 11.3 Å². The van der Waals surface area contributed by atoms with Crippen molar-refractivity contribution in [3.05, 3.63) is 35.4 Å². The van der Waals surface area contributed by atoms with Crippen molar-refractivity contribution in [2.24, 2.45) is 11.8 Å². The topological polar surface area (TPSA) is 82.6 Å². The largest absolute Gasteiger partial charge is 0.361 e. The quantitative estimate of drug-likeness (QED) is 0.646. The molecule has 1 aromatic heterocycles. The van der Waals surface area contributed by atoms with E-state index in [2.05, 4.69) is 10.3 Å². The van der Waals surface area contributed by atoms with Gasteiger partial charge in [-0.3, -0.25) is 0 Å². The summed E-state index contributed by atoms with van der Waals surface area (Å²) < 4.78 is 28.7. The number of piperidine rings is 1. The molecule has 2 fully saturated rings. The van der Waals surface area contributed by atoms with Crippen LogP contribution in [-0.4, -0.2) is 61.0 Å². The summed E-state index contributed by atoms with van der Waals surface area (Å²) in [5.41, 5.74) is -0.637. The SMILES string of the molecule is CC1C=CC=CC1(C=O)c1cnc(NCC2CCN(S(=O)(=O)N3CCCC3)CC2)s1. The van der Waals surface area contributed by atoms with Gasteiger partial charge in [0.2, 0.25) is 0 Å². The maximum absolute atomic E-state index is 12.7. The summed E-state index contributed by atoms with van der Waals surface area (Å²) in [4.78, 5) is 17.4. The highest BCUT2D eigenvalue weighted by molar-refractivity contribution is 7.86. The van der Waals surface area contributed by atoms with Gasteiger partial charge >= 0.3 is 0 Å². The van der Waals surface area contributed by atoms with Crippen LogP contribution in [0.4, 0.5) is 5.13 Å². The lowest BCUT2D eigenvalue weighted by molar-refractivity contribution is -0.112. The number of allylic oxidation sites excluding steroid dienone is 4. The van der Waals surface area contributed by atoms with Crippen LogP contribution in [0.1, 0.15) is 37.5 Å². The number of nitrogens with zero attached hydrogens (tertiary/aromatic N) is 3. The maximum atomic E-state index is 12.7. The molecule has 2 unspecified atom stereocenters. The lowest BCUT2D eigenvalue weighted by Crippen LogP contribution is -2.46. The van der Waals surface area contributed by atoms with Gasteiger partial charge in [-0.05, 0) is 37.5 Å². The van der Waals surface area contributed by atoms with Crippen LogP contribution in [0.25, 0.3) is 0 Å². The number of aldehydes is 1. The first kappa shape index (κ1) is 21.7. The minimum absolute atomic E-state index is 0.0928. The first-order chi connectivity index (χ1) is 14.5. The van der Waals surface area contributed by atoms with Crippen LogP contribution in [0.15, 0.2) is 30.5 Å². The van der Waals surface area contributed by atoms with Crippen molar-refractivity contribution in [1.29, 1.82) is 0 Å². The lowest BCUT2D eigenvalue weighted by Gasteiger charge is -2.33. The molecule has 0 aromatic carbocycles. The van der Waals surface area contributed by atoms with Crippen LogP contribution in [0.3, 0.4) is 0 Å². The van der Waals surface area contributed by atoms with Crippen LogP contribution < -0.4 is 5.32 Å². The summed E-state index contributed by atoms with van der Waals surface area (Å²) in [6.07, 6.45) is 14.3.